The first kappa shape index (κ1) is 24.8. The predicted molar refractivity (Wildman–Crippen MR) is 144 cm³/mol. The fourth-order valence-corrected chi connectivity index (χ4v) is 4.25. The lowest BCUT2D eigenvalue weighted by molar-refractivity contribution is -0.136. The lowest BCUT2D eigenvalue weighted by Crippen LogP contribution is -2.38. The van der Waals surface area contributed by atoms with E-state index in [9.17, 15) is 9.59 Å². The number of fused-ring (bicyclic) bond motifs is 1. The fraction of sp³-hybridized carbons (Fsp3) is 0.200. The monoisotopic (exact) mass is 482 g/mol. The third kappa shape index (κ3) is 6.02. The quantitative estimate of drug-likeness (QED) is 0.288. The molecule has 0 aliphatic carbocycles. The molecule has 0 atom stereocenters. The number of nitrogens with two attached hydrogens (primary N) is 1. The van der Waals surface area contributed by atoms with Crippen LogP contribution in [0, 0.1) is 0 Å². The van der Waals surface area contributed by atoms with Crippen LogP contribution >= 0.6 is 0 Å². The summed E-state index contributed by atoms with van der Waals surface area (Å²) in [6.45, 7) is 2.60. The summed E-state index contributed by atoms with van der Waals surface area (Å²) in [5, 5.41) is 11.3. The highest BCUT2D eigenvalue weighted by Crippen LogP contribution is 2.33. The number of aliphatic carboxylic acids is 1. The first-order chi connectivity index (χ1) is 17.4. The number of amides is 2. The van der Waals surface area contributed by atoms with Gasteiger partial charge in [-0.3, -0.25) is 9.69 Å². The first-order valence-electron chi connectivity index (χ1n) is 12.1. The second kappa shape index (κ2) is 11.4. The predicted octanol–water partition coefficient (Wildman–Crippen LogP) is 6.05. The number of hydrogen-bond acceptors (Lipinski definition) is 3. The van der Waals surface area contributed by atoms with Gasteiger partial charge in [-0.05, 0) is 70.6 Å². The van der Waals surface area contributed by atoms with Crippen molar-refractivity contribution in [1.82, 2.24) is 0 Å². The molecule has 4 aromatic rings. The van der Waals surface area contributed by atoms with E-state index in [0.29, 0.717) is 18.7 Å². The lowest BCUT2D eigenvalue weighted by atomic mass is 9.97. The van der Waals surface area contributed by atoms with Crippen LogP contribution in [-0.4, -0.2) is 30.3 Å². The van der Waals surface area contributed by atoms with E-state index in [2.05, 4.69) is 31.2 Å². The molecule has 0 saturated carbocycles. The van der Waals surface area contributed by atoms with Gasteiger partial charge in [-0.1, -0.05) is 61.5 Å². The molecule has 0 heterocycles. The smallest absolute Gasteiger partial charge is 0.319 e. The number of aryl methyl sites for hydroxylation is 2. The number of nitrogens with zero attached hydrogens (tertiary/aromatic N) is 1. The maximum Gasteiger partial charge on any atom is 0.319 e. The highest BCUT2D eigenvalue weighted by molar-refractivity contribution is 5.91. The van der Waals surface area contributed by atoms with Crippen LogP contribution in [0.4, 0.5) is 10.5 Å². The summed E-state index contributed by atoms with van der Waals surface area (Å²) in [6, 6.07) is 27.3. The third-order valence-electron chi connectivity index (χ3n) is 6.20. The fourth-order valence-electron chi connectivity index (χ4n) is 4.25. The number of ether oxygens (including phenoxy) is 1. The first-order valence-corrected chi connectivity index (χ1v) is 12.1. The molecule has 184 valence electrons. The number of urea groups is 1. The Bertz CT molecular complexity index is 1380. The van der Waals surface area contributed by atoms with E-state index < -0.39 is 12.0 Å². The molecule has 0 saturated heterocycles. The van der Waals surface area contributed by atoms with Crippen LogP contribution in [0.5, 0.6) is 5.75 Å². The van der Waals surface area contributed by atoms with Crippen molar-refractivity contribution in [2.24, 2.45) is 5.73 Å². The van der Waals surface area contributed by atoms with Gasteiger partial charge in [0.1, 0.15) is 12.4 Å². The summed E-state index contributed by atoms with van der Waals surface area (Å²) in [4.78, 5) is 24.8. The van der Waals surface area contributed by atoms with Crippen LogP contribution in [-0.2, 0) is 17.6 Å². The Morgan fingerprint density at radius 2 is 1.69 bits per heavy atom. The molecule has 0 radical (unpaired) electrons. The van der Waals surface area contributed by atoms with Crippen molar-refractivity contribution in [3.63, 3.8) is 0 Å². The van der Waals surface area contributed by atoms with Crippen molar-refractivity contribution >= 4 is 28.5 Å². The number of carboxylic acids is 1. The van der Waals surface area contributed by atoms with Gasteiger partial charge in [-0.15, -0.1) is 0 Å². The topological polar surface area (TPSA) is 92.9 Å². The molecule has 4 rings (SSSR count). The van der Waals surface area contributed by atoms with Gasteiger partial charge in [0.05, 0.1) is 6.54 Å². The normalized spacial score (nSPS) is 10.8. The number of rotatable bonds is 10. The molecule has 0 unspecified atom stereocenters. The molecular weight excluding hydrogens is 452 g/mol. The molecule has 2 amide bonds. The molecule has 0 aliphatic heterocycles. The minimum absolute atomic E-state index is 0.0573. The van der Waals surface area contributed by atoms with Crippen LogP contribution in [0.15, 0.2) is 84.9 Å². The molecule has 0 spiro atoms. The van der Waals surface area contributed by atoms with E-state index in [1.54, 1.807) is 0 Å². The Morgan fingerprint density at radius 3 is 2.44 bits per heavy atom. The van der Waals surface area contributed by atoms with E-state index >= 15 is 0 Å². The van der Waals surface area contributed by atoms with Crippen LogP contribution in [0.25, 0.3) is 21.9 Å². The lowest BCUT2D eigenvalue weighted by Gasteiger charge is -2.22. The van der Waals surface area contributed by atoms with Crippen molar-refractivity contribution in [2.45, 2.75) is 26.2 Å². The van der Waals surface area contributed by atoms with Gasteiger partial charge in [0, 0.05) is 17.7 Å². The number of anilines is 1. The van der Waals surface area contributed by atoms with E-state index in [4.69, 9.17) is 15.6 Å². The molecule has 36 heavy (non-hydrogen) atoms. The number of primary amides is 1. The summed E-state index contributed by atoms with van der Waals surface area (Å²) >= 11 is 0. The van der Waals surface area contributed by atoms with Crippen molar-refractivity contribution in [3.05, 3.63) is 96.1 Å². The second-order valence-electron chi connectivity index (χ2n) is 8.65. The van der Waals surface area contributed by atoms with E-state index in [1.165, 1.54) is 4.90 Å². The maximum absolute atomic E-state index is 12.2. The highest BCUT2D eigenvalue weighted by Gasteiger charge is 2.15. The van der Waals surface area contributed by atoms with Gasteiger partial charge in [0.15, 0.2) is 0 Å². The van der Waals surface area contributed by atoms with Crippen LogP contribution < -0.4 is 15.4 Å². The van der Waals surface area contributed by atoms with Gasteiger partial charge in [-0.2, -0.15) is 0 Å². The molecule has 0 aromatic heterocycles. The zero-order chi connectivity index (χ0) is 25.5. The van der Waals surface area contributed by atoms with E-state index in [1.807, 2.05) is 60.7 Å². The molecule has 0 bridgehead atoms. The maximum atomic E-state index is 12.2. The molecule has 4 aromatic carbocycles. The number of carbonyl (C=O) groups is 2. The molecule has 6 nitrogen and oxygen atoms in total. The van der Waals surface area contributed by atoms with Crippen molar-refractivity contribution in [2.75, 3.05) is 18.1 Å². The van der Waals surface area contributed by atoms with Crippen molar-refractivity contribution < 1.29 is 19.4 Å². The summed E-state index contributed by atoms with van der Waals surface area (Å²) in [5.41, 5.74) is 10.3. The summed E-state index contributed by atoms with van der Waals surface area (Å²) in [6.07, 6.45) is 1.35. The molecule has 3 N–H and O–H groups in total. The molecule has 6 heteroatoms. The number of hydrogen-bond donors (Lipinski definition) is 2. The average molecular weight is 483 g/mol. The summed E-state index contributed by atoms with van der Waals surface area (Å²) in [7, 11) is 0. The molecule has 0 fully saturated rings. The number of benzene rings is 4. The zero-order valence-electron chi connectivity index (χ0n) is 20.3. The summed E-state index contributed by atoms with van der Waals surface area (Å²) < 4.78 is 6.18. The van der Waals surface area contributed by atoms with Crippen molar-refractivity contribution in [3.8, 4) is 16.9 Å². The van der Waals surface area contributed by atoms with Gasteiger partial charge in [0.25, 0.3) is 0 Å². The van der Waals surface area contributed by atoms with E-state index in [-0.39, 0.29) is 13.0 Å². The standard InChI is InChI=1S/C30H30N2O4/c1-2-21-6-5-9-26(18-21)32(30(31)35)16-17-36-28-14-10-22(11-15-29(33)34)19-27(28)25-13-12-23-7-3-4-8-24(23)20-25/h3-10,12-14,18-20H,2,11,15-17H2,1H3,(H2,31,35)(H,33,34). The average Bonchev–Trinajstić information content (AvgIpc) is 2.89. The third-order valence-corrected chi connectivity index (χ3v) is 6.20. The molecular formula is C30H30N2O4. The van der Waals surface area contributed by atoms with Gasteiger partial charge in [-0.25, -0.2) is 4.79 Å². The minimum Gasteiger partial charge on any atom is -0.491 e. The van der Waals surface area contributed by atoms with E-state index in [0.717, 1.165) is 45.1 Å². The Labute approximate surface area is 210 Å². The Morgan fingerprint density at radius 1 is 0.889 bits per heavy atom. The number of carbonyl (C=O) groups excluding carboxylic acids is 1. The Balaban J connectivity index is 1.59. The van der Waals surface area contributed by atoms with Crippen LogP contribution in [0.3, 0.4) is 0 Å². The molecule has 0 aliphatic rings. The van der Waals surface area contributed by atoms with Crippen LogP contribution in [0.2, 0.25) is 0 Å². The zero-order valence-corrected chi connectivity index (χ0v) is 20.3. The largest absolute Gasteiger partial charge is 0.491 e. The summed E-state index contributed by atoms with van der Waals surface area (Å²) in [5.74, 6) is -0.169. The minimum atomic E-state index is -0.832. The van der Waals surface area contributed by atoms with Gasteiger partial charge >= 0.3 is 12.0 Å². The van der Waals surface area contributed by atoms with Gasteiger partial charge < -0.3 is 15.6 Å². The number of carboxylic acid groups (broad SMARTS) is 1. The highest BCUT2D eigenvalue weighted by atomic mass is 16.5. The Kier molecular flexibility index (Phi) is 7.85. The van der Waals surface area contributed by atoms with Crippen LogP contribution in [0.1, 0.15) is 24.5 Å². The SMILES string of the molecule is CCc1cccc(N(CCOc2ccc(CCC(=O)O)cc2-c2ccc3ccccc3c2)C(N)=O)c1. The Hall–Kier alpha value is -4.32. The van der Waals surface area contributed by atoms with Crippen molar-refractivity contribution in [1.29, 1.82) is 0 Å². The second-order valence-corrected chi connectivity index (χ2v) is 8.65. The van der Waals surface area contributed by atoms with Gasteiger partial charge in [0.2, 0.25) is 0 Å².